The van der Waals surface area contributed by atoms with Gasteiger partial charge in [0.15, 0.2) is 6.39 Å². The Kier molecular flexibility index (Phi) is 4.81. The number of nitrogens with zero attached hydrogens (tertiary/aromatic N) is 1. The maximum atomic E-state index is 5.65. The van der Waals surface area contributed by atoms with Crippen molar-refractivity contribution in [3.05, 3.63) is 17.8 Å². The van der Waals surface area contributed by atoms with E-state index in [1.807, 2.05) is 0 Å². The fraction of sp³-hybridized carbons (Fsp3) is 0.800. The molecule has 0 atom stereocenters. The highest BCUT2D eigenvalue weighted by Crippen LogP contribution is 2.36. The molecular weight excluding hydrogens is 224 g/mol. The van der Waals surface area contributed by atoms with Crippen LogP contribution in [0.5, 0.6) is 0 Å². The second-order valence-electron chi connectivity index (χ2n) is 6.14. The first-order valence-electron chi connectivity index (χ1n) is 7.29. The average Bonchev–Trinajstić information content (AvgIpc) is 2.78. The molecule has 1 aromatic rings. The highest BCUT2D eigenvalue weighted by atomic mass is 16.3. The van der Waals surface area contributed by atoms with Crippen LogP contribution in [0.4, 0.5) is 0 Å². The second-order valence-corrected chi connectivity index (χ2v) is 6.14. The Labute approximate surface area is 110 Å². The molecule has 1 heterocycles. The van der Waals surface area contributed by atoms with Crippen LogP contribution in [0.25, 0.3) is 0 Å². The summed E-state index contributed by atoms with van der Waals surface area (Å²) < 4.78 is 5.65. The molecule has 1 aromatic heterocycles. The quantitative estimate of drug-likeness (QED) is 0.865. The standard InChI is InChI=1S/C15H26N2O/c1-11(2)8-16-9-14-15(18-10-17-14)13-6-4-12(3)5-7-13/h10-13,16H,4-9H2,1-3H3. The van der Waals surface area contributed by atoms with Crippen LogP contribution in [0, 0.1) is 11.8 Å². The van der Waals surface area contributed by atoms with Crippen molar-refractivity contribution in [3.8, 4) is 0 Å². The van der Waals surface area contributed by atoms with Gasteiger partial charge < -0.3 is 9.73 Å². The van der Waals surface area contributed by atoms with Crippen LogP contribution in [0.1, 0.15) is 63.8 Å². The summed E-state index contributed by atoms with van der Waals surface area (Å²) in [7, 11) is 0. The van der Waals surface area contributed by atoms with E-state index in [1.54, 1.807) is 6.39 Å². The molecule has 3 nitrogen and oxygen atoms in total. The fourth-order valence-corrected chi connectivity index (χ4v) is 2.74. The van der Waals surface area contributed by atoms with Gasteiger partial charge in [0.1, 0.15) is 5.76 Å². The van der Waals surface area contributed by atoms with Gasteiger partial charge in [0, 0.05) is 12.5 Å². The molecule has 0 bridgehead atoms. The summed E-state index contributed by atoms with van der Waals surface area (Å²) in [6, 6.07) is 0. The molecule has 1 N–H and O–H groups in total. The maximum Gasteiger partial charge on any atom is 0.181 e. The van der Waals surface area contributed by atoms with Crippen LogP contribution in [0.2, 0.25) is 0 Å². The van der Waals surface area contributed by atoms with Crippen LogP contribution in [0.3, 0.4) is 0 Å². The van der Waals surface area contributed by atoms with Crippen LogP contribution in [-0.4, -0.2) is 11.5 Å². The molecule has 102 valence electrons. The number of hydrogen-bond acceptors (Lipinski definition) is 3. The number of oxazole rings is 1. The first-order valence-corrected chi connectivity index (χ1v) is 7.29. The summed E-state index contributed by atoms with van der Waals surface area (Å²) in [5.41, 5.74) is 1.12. The Hall–Kier alpha value is -0.830. The molecule has 3 heteroatoms. The first-order chi connectivity index (χ1) is 8.66. The van der Waals surface area contributed by atoms with E-state index in [1.165, 1.54) is 25.7 Å². The molecular formula is C15H26N2O. The van der Waals surface area contributed by atoms with Crippen LogP contribution >= 0.6 is 0 Å². The summed E-state index contributed by atoms with van der Waals surface area (Å²) >= 11 is 0. The van der Waals surface area contributed by atoms with Crippen LogP contribution in [-0.2, 0) is 6.54 Å². The molecule has 1 fully saturated rings. The molecule has 0 spiro atoms. The van der Waals surface area contributed by atoms with Gasteiger partial charge in [-0.3, -0.25) is 0 Å². The molecule has 0 aliphatic heterocycles. The van der Waals surface area contributed by atoms with Gasteiger partial charge in [-0.2, -0.15) is 0 Å². The molecule has 0 amide bonds. The lowest BCUT2D eigenvalue weighted by molar-refractivity contribution is 0.312. The molecule has 0 saturated heterocycles. The van der Waals surface area contributed by atoms with Gasteiger partial charge in [0.25, 0.3) is 0 Å². The molecule has 1 aliphatic carbocycles. The Bertz CT molecular complexity index is 351. The zero-order valence-electron chi connectivity index (χ0n) is 11.9. The maximum absolute atomic E-state index is 5.65. The number of aromatic nitrogens is 1. The third kappa shape index (κ3) is 3.58. The van der Waals surface area contributed by atoms with Crippen molar-refractivity contribution in [2.24, 2.45) is 11.8 Å². The van der Waals surface area contributed by atoms with Crippen LogP contribution < -0.4 is 5.32 Å². The molecule has 18 heavy (non-hydrogen) atoms. The predicted octanol–water partition coefficient (Wildman–Crippen LogP) is 3.71. The average molecular weight is 250 g/mol. The summed E-state index contributed by atoms with van der Waals surface area (Å²) in [5.74, 6) is 3.29. The molecule has 0 radical (unpaired) electrons. The monoisotopic (exact) mass is 250 g/mol. The lowest BCUT2D eigenvalue weighted by Gasteiger charge is -2.25. The minimum absolute atomic E-state index is 0.597. The topological polar surface area (TPSA) is 38.1 Å². The zero-order valence-corrected chi connectivity index (χ0v) is 11.9. The van der Waals surface area contributed by atoms with E-state index in [0.29, 0.717) is 11.8 Å². The van der Waals surface area contributed by atoms with E-state index in [-0.39, 0.29) is 0 Å². The van der Waals surface area contributed by atoms with Crippen molar-refractivity contribution in [2.45, 2.75) is 58.9 Å². The Morgan fingerprint density at radius 1 is 1.33 bits per heavy atom. The highest BCUT2D eigenvalue weighted by molar-refractivity contribution is 5.13. The number of nitrogens with one attached hydrogen (secondary N) is 1. The van der Waals surface area contributed by atoms with E-state index >= 15 is 0 Å². The van der Waals surface area contributed by atoms with Crippen LogP contribution in [0.15, 0.2) is 10.8 Å². The number of hydrogen-bond donors (Lipinski definition) is 1. The van der Waals surface area contributed by atoms with E-state index in [4.69, 9.17) is 4.42 Å². The lowest BCUT2D eigenvalue weighted by atomic mass is 9.81. The smallest absolute Gasteiger partial charge is 0.181 e. The third-order valence-electron chi connectivity index (χ3n) is 3.90. The van der Waals surface area contributed by atoms with E-state index < -0.39 is 0 Å². The minimum Gasteiger partial charge on any atom is -0.448 e. The van der Waals surface area contributed by atoms with Gasteiger partial charge in [0.2, 0.25) is 0 Å². The van der Waals surface area contributed by atoms with Crippen molar-refractivity contribution in [1.82, 2.24) is 10.3 Å². The second kappa shape index (κ2) is 6.37. The predicted molar refractivity (Wildman–Crippen MR) is 73.4 cm³/mol. The zero-order chi connectivity index (χ0) is 13.0. The van der Waals surface area contributed by atoms with Gasteiger partial charge in [-0.05, 0) is 31.2 Å². The van der Waals surface area contributed by atoms with Gasteiger partial charge in [-0.15, -0.1) is 0 Å². The Balaban J connectivity index is 1.90. The first kappa shape index (κ1) is 13.6. The number of rotatable bonds is 5. The van der Waals surface area contributed by atoms with Crippen molar-refractivity contribution in [3.63, 3.8) is 0 Å². The Morgan fingerprint density at radius 2 is 2.06 bits per heavy atom. The molecule has 2 rings (SSSR count). The molecule has 1 saturated carbocycles. The normalized spacial score (nSPS) is 24.7. The van der Waals surface area contributed by atoms with Gasteiger partial charge in [-0.25, -0.2) is 4.98 Å². The summed E-state index contributed by atoms with van der Waals surface area (Å²) in [4.78, 5) is 4.38. The molecule has 0 aromatic carbocycles. The Morgan fingerprint density at radius 3 is 2.72 bits per heavy atom. The van der Waals surface area contributed by atoms with Crippen molar-refractivity contribution in [1.29, 1.82) is 0 Å². The lowest BCUT2D eigenvalue weighted by Crippen LogP contribution is -2.20. The molecule has 1 aliphatic rings. The third-order valence-corrected chi connectivity index (χ3v) is 3.90. The van der Waals surface area contributed by atoms with Crippen molar-refractivity contribution >= 4 is 0 Å². The SMILES string of the molecule is CC(C)CNCc1ncoc1C1CCC(C)CC1. The van der Waals surface area contributed by atoms with Gasteiger partial charge >= 0.3 is 0 Å². The largest absolute Gasteiger partial charge is 0.448 e. The summed E-state index contributed by atoms with van der Waals surface area (Å²) in [6.45, 7) is 8.67. The highest BCUT2D eigenvalue weighted by Gasteiger charge is 2.24. The molecule has 0 unspecified atom stereocenters. The summed E-state index contributed by atoms with van der Waals surface area (Å²) in [5, 5.41) is 3.45. The van der Waals surface area contributed by atoms with E-state index in [0.717, 1.165) is 30.5 Å². The minimum atomic E-state index is 0.597. The van der Waals surface area contributed by atoms with E-state index in [2.05, 4.69) is 31.1 Å². The van der Waals surface area contributed by atoms with Crippen molar-refractivity contribution < 1.29 is 4.42 Å². The van der Waals surface area contributed by atoms with Crippen molar-refractivity contribution in [2.75, 3.05) is 6.54 Å². The fourth-order valence-electron chi connectivity index (χ4n) is 2.74. The van der Waals surface area contributed by atoms with E-state index in [9.17, 15) is 0 Å². The van der Waals surface area contributed by atoms with Gasteiger partial charge in [0.05, 0.1) is 5.69 Å². The summed E-state index contributed by atoms with van der Waals surface area (Å²) in [6.07, 6.45) is 6.77. The van der Waals surface area contributed by atoms with Gasteiger partial charge in [-0.1, -0.05) is 33.6 Å².